The van der Waals surface area contributed by atoms with E-state index >= 15 is 0 Å². The Labute approximate surface area is 267 Å². The summed E-state index contributed by atoms with van der Waals surface area (Å²) in [6, 6.07) is 37.4. The molecular formula is C39H46N2O4. The smallest absolute Gasteiger partial charge is 0.235 e. The lowest BCUT2D eigenvalue weighted by Crippen LogP contribution is -2.60. The molecule has 6 heteroatoms. The van der Waals surface area contributed by atoms with Crippen LogP contribution in [0.15, 0.2) is 121 Å². The average Bonchev–Trinajstić information content (AvgIpc) is 3.02. The van der Waals surface area contributed by atoms with Gasteiger partial charge in [-0.2, -0.15) is 0 Å². The zero-order valence-corrected chi connectivity index (χ0v) is 26.7. The van der Waals surface area contributed by atoms with Crippen LogP contribution in [0.3, 0.4) is 0 Å². The van der Waals surface area contributed by atoms with Crippen molar-refractivity contribution in [1.82, 2.24) is 10.6 Å². The lowest BCUT2D eigenvalue weighted by Gasteiger charge is -2.38. The average molecular weight is 607 g/mol. The van der Waals surface area contributed by atoms with Crippen molar-refractivity contribution in [2.45, 2.75) is 76.7 Å². The van der Waals surface area contributed by atoms with Gasteiger partial charge in [-0.3, -0.25) is 9.59 Å². The lowest BCUT2D eigenvalue weighted by atomic mass is 9.80. The Balaban J connectivity index is 1.50. The predicted molar refractivity (Wildman–Crippen MR) is 179 cm³/mol. The Bertz CT molecular complexity index is 1310. The first-order chi connectivity index (χ1) is 21.4. The number of benzene rings is 4. The molecule has 6 nitrogen and oxygen atoms in total. The van der Waals surface area contributed by atoms with E-state index in [-0.39, 0.29) is 0 Å². The van der Waals surface area contributed by atoms with Gasteiger partial charge in [0.1, 0.15) is 5.41 Å². The van der Waals surface area contributed by atoms with Crippen molar-refractivity contribution in [2.24, 2.45) is 5.41 Å². The minimum absolute atomic E-state index is 0.319. The standard InChI is InChI=1S/C39H46N2O4/c1-29(38(44,25-31-17-9-5-10-18-31)26-32-19-11-6-12-20-32)40-35(42)37(3,4)36(43)41-30(2)39(45,27-33-21-13-7-14-22-33)28-34-23-15-8-16-24-34/h5-24,29-30,44-45H,25-28H2,1-4H3,(H,40,42)(H,41,43)/t29-,30-/m1/s1. The number of nitrogens with one attached hydrogen (secondary N) is 2. The fraction of sp³-hybridized carbons (Fsp3) is 0.333. The molecule has 4 aromatic carbocycles. The van der Waals surface area contributed by atoms with Crippen LogP contribution in [0.4, 0.5) is 0 Å². The number of aliphatic hydroxyl groups is 2. The Morgan fingerprint density at radius 2 is 0.733 bits per heavy atom. The molecular weight excluding hydrogens is 560 g/mol. The van der Waals surface area contributed by atoms with Crippen molar-refractivity contribution in [1.29, 1.82) is 0 Å². The minimum Gasteiger partial charge on any atom is -0.387 e. The second-order valence-corrected chi connectivity index (χ2v) is 12.9. The maximum absolute atomic E-state index is 13.7. The molecule has 0 heterocycles. The third kappa shape index (κ3) is 8.90. The van der Waals surface area contributed by atoms with Gasteiger partial charge in [-0.05, 0) is 49.9 Å². The maximum atomic E-state index is 13.7. The van der Waals surface area contributed by atoms with Gasteiger partial charge < -0.3 is 20.8 Å². The van der Waals surface area contributed by atoms with Crippen molar-refractivity contribution in [3.63, 3.8) is 0 Å². The van der Waals surface area contributed by atoms with Gasteiger partial charge in [0.15, 0.2) is 0 Å². The van der Waals surface area contributed by atoms with Gasteiger partial charge in [-0.15, -0.1) is 0 Å². The van der Waals surface area contributed by atoms with E-state index in [2.05, 4.69) is 10.6 Å². The van der Waals surface area contributed by atoms with Gasteiger partial charge in [0.2, 0.25) is 11.8 Å². The summed E-state index contributed by atoms with van der Waals surface area (Å²) in [7, 11) is 0. The molecule has 0 aliphatic heterocycles. The van der Waals surface area contributed by atoms with Crippen molar-refractivity contribution < 1.29 is 19.8 Å². The predicted octanol–water partition coefficient (Wildman–Crippen LogP) is 5.46. The number of hydrogen-bond acceptors (Lipinski definition) is 4. The highest BCUT2D eigenvalue weighted by Crippen LogP contribution is 2.27. The Hall–Kier alpha value is -4.26. The highest BCUT2D eigenvalue weighted by molar-refractivity contribution is 6.04. The van der Waals surface area contributed by atoms with Crippen LogP contribution >= 0.6 is 0 Å². The van der Waals surface area contributed by atoms with E-state index in [0.29, 0.717) is 25.7 Å². The monoisotopic (exact) mass is 606 g/mol. The van der Waals surface area contributed by atoms with E-state index in [0.717, 1.165) is 22.3 Å². The van der Waals surface area contributed by atoms with Crippen LogP contribution in [0.1, 0.15) is 49.9 Å². The fourth-order valence-corrected chi connectivity index (χ4v) is 5.66. The summed E-state index contributed by atoms with van der Waals surface area (Å²) in [6.07, 6.45) is 1.28. The third-order valence-electron chi connectivity index (χ3n) is 8.85. The Kier molecular flexibility index (Phi) is 11.0. The largest absolute Gasteiger partial charge is 0.387 e. The van der Waals surface area contributed by atoms with Gasteiger partial charge in [0.05, 0.1) is 23.3 Å². The van der Waals surface area contributed by atoms with Crippen LogP contribution in [-0.2, 0) is 35.3 Å². The molecule has 0 saturated carbocycles. The molecule has 0 spiro atoms. The molecule has 0 aliphatic rings. The Morgan fingerprint density at radius 3 is 0.956 bits per heavy atom. The first-order valence-electron chi connectivity index (χ1n) is 15.6. The highest BCUT2D eigenvalue weighted by atomic mass is 16.3. The summed E-state index contributed by atoms with van der Waals surface area (Å²) < 4.78 is 0. The topological polar surface area (TPSA) is 98.7 Å². The summed E-state index contributed by atoms with van der Waals surface area (Å²) in [5.41, 5.74) is -0.340. The zero-order valence-electron chi connectivity index (χ0n) is 26.7. The van der Waals surface area contributed by atoms with Crippen molar-refractivity contribution in [3.8, 4) is 0 Å². The number of carbonyl (C=O) groups excluding carboxylic acids is 2. The summed E-state index contributed by atoms with van der Waals surface area (Å²) in [5, 5.41) is 30.0. The number of carbonyl (C=O) groups is 2. The van der Waals surface area contributed by atoms with Crippen LogP contribution < -0.4 is 10.6 Å². The summed E-state index contributed by atoms with van der Waals surface area (Å²) >= 11 is 0. The number of rotatable bonds is 14. The minimum atomic E-state index is -1.48. The van der Waals surface area contributed by atoms with Crippen molar-refractivity contribution >= 4 is 11.8 Å². The second-order valence-electron chi connectivity index (χ2n) is 12.9. The molecule has 0 radical (unpaired) electrons. The van der Waals surface area contributed by atoms with E-state index in [1.807, 2.05) is 121 Å². The molecule has 0 unspecified atom stereocenters. The summed E-state index contributed by atoms with van der Waals surface area (Å²) in [4.78, 5) is 27.5. The maximum Gasteiger partial charge on any atom is 0.235 e. The second kappa shape index (κ2) is 14.7. The van der Waals surface area contributed by atoms with Gasteiger partial charge in [0, 0.05) is 25.7 Å². The Morgan fingerprint density at radius 1 is 0.511 bits per heavy atom. The molecule has 4 N–H and O–H groups in total. The van der Waals surface area contributed by atoms with Gasteiger partial charge in [0.25, 0.3) is 0 Å². The molecule has 0 saturated heterocycles. The number of hydrogen-bond donors (Lipinski definition) is 4. The van der Waals surface area contributed by atoms with Crippen LogP contribution in [0.2, 0.25) is 0 Å². The normalized spacial score (nSPS) is 13.5. The summed E-state index contributed by atoms with van der Waals surface area (Å²) in [6.45, 7) is 6.69. The van der Waals surface area contributed by atoms with Crippen LogP contribution in [0, 0.1) is 5.41 Å². The molecule has 0 aliphatic carbocycles. The highest BCUT2D eigenvalue weighted by Gasteiger charge is 2.43. The van der Waals surface area contributed by atoms with Crippen LogP contribution in [0.25, 0.3) is 0 Å². The van der Waals surface area contributed by atoms with Crippen molar-refractivity contribution in [3.05, 3.63) is 144 Å². The van der Waals surface area contributed by atoms with E-state index in [1.54, 1.807) is 27.7 Å². The van der Waals surface area contributed by atoms with Gasteiger partial charge in [-0.25, -0.2) is 0 Å². The SMILES string of the molecule is C[C@@H](NC(=O)C(C)(C)C(=O)N[C@H](C)C(O)(Cc1ccccc1)Cc1ccccc1)C(O)(Cc1ccccc1)Cc1ccccc1. The molecule has 4 aromatic rings. The van der Waals surface area contributed by atoms with Crippen LogP contribution in [-0.4, -0.2) is 45.3 Å². The van der Waals surface area contributed by atoms with E-state index in [9.17, 15) is 19.8 Å². The van der Waals surface area contributed by atoms with Crippen LogP contribution in [0.5, 0.6) is 0 Å². The third-order valence-corrected chi connectivity index (χ3v) is 8.85. The first-order valence-corrected chi connectivity index (χ1v) is 15.6. The quantitative estimate of drug-likeness (QED) is 0.143. The summed E-state index contributed by atoms with van der Waals surface area (Å²) in [5.74, 6) is -1.01. The zero-order chi connectivity index (χ0) is 32.5. The lowest BCUT2D eigenvalue weighted by molar-refractivity contribution is -0.144. The van der Waals surface area contributed by atoms with Gasteiger partial charge >= 0.3 is 0 Å². The van der Waals surface area contributed by atoms with E-state index in [4.69, 9.17) is 0 Å². The molecule has 45 heavy (non-hydrogen) atoms. The molecule has 236 valence electrons. The molecule has 2 atom stereocenters. The molecule has 0 fully saturated rings. The first kappa shape index (κ1) is 33.6. The fourth-order valence-electron chi connectivity index (χ4n) is 5.66. The van der Waals surface area contributed by atoms with E-state index < -0.39 is 40.5 Å². The molecule has 4 rings (SSSR count). The van der Waals surface area contributed by atoms with E-state index in [1.165, 1.54) is 0 Å². The van der Waals surface area contributed by atoms with Crippen molar-refractivity contribution in [2.75, 3.05) is 0 Å². The van der Waals surface area contributed by atoms with Gasteiger partial charge in [-0.1, -0.05) is 121 Å². The molecule has 0 aromatic heterocycles. The molecule has 2 amide bonds. The molecule has 0 bridgehead atoms. The number of amides is 2.